The topological polar surface area (TPSA) is 50.1 Å². The molecule has 0 bridgehead atoms. The number of aromatic nitrogens is 2. The lowest BCUT2D eigenvalue weighted by Crippen LogP contribution is -1.99. The normalized spacial score (nSPS) is 10.5. The van der Waals surface area contributed by atoms with Gasteiger partial charge in [0.25, 0.3) is 0 Å². The van der Waals surface area contributed by atoms with Crippen LogP contribution in [0.4, 0.5) is 5.69 Å². The number of anilines is 1. The van der Waals surface area contributed by atoms with Crippen LogP contribution in [0.15, 0.2) is 60.9 Å². The van der Waals surface area contributed by atoms with E-state index in [4.69, 9.17) is 0 Å². The Hall–Kier alpha value is -2.75. The third kappa shape index (κ3) is 3.05. The lowest BCUT2D eigenvalue weighted by atomic mass is 10.1. The third-order valence-electron chi connectivity index (χ3n) is 3.37. The molecule has 4 heteroatoms. The number of imidazole rings is 1. The van der Waals surface area contributed by atoms with E-state index < -0.39 is 0 Å². The first kappa shape index (κ1) is 13.2. The van der Waals surface area contributed by atoms with Crippen molar-refractivity contribution in [1.29, 1.82) is 0 Å². The highest BCUT2D eigenvalue weighted by atomic mass is 16.3. The van der Waals surface area contributed by atoms with E-state index in [1.54, 1.807) is 18.3 Å². The van der Waals surface area contributed by atoms with Gasteiger partial charge in [0.15, 0.2) is 0 Å². The molecule has 3 rings (SSSR count). The number of nitrogens with zero attached hydrogens (tertiary/aromatic N) is 2. The minimum Gasteiger partial charge on any atom is -0.508 e. The largest absolute Gasteiger partial charge is 0.508 e. The van der Waals surface area contributed by atoms with Crippen molar-refractivity contribution < 1.29 is 5.11 Å². The molecule has 0 spiro atoms. The Bertz CT molecular complexity index is 732. The Morgan fingerprint density at radius 1 is 1.14 bits per heavy atom. The van der Waals surface area contributed by atoms with E-state index in [1.165, 1.54) is 0 Å². The predicted molar refractivity (Wildman–Crippen MR) is 84.1 cm³/mol. The predicted octanol–water partition coefficient (Wildman–Crippen LogP) is 3.40. The molecule has 3 aromatic rings. The van der Waals surface area contributed by atoms with Crippen molar-refractivity contribution >= 4 is 5.69 Å². The lowest BCUT2D eigenvalue weighted by molar-refractivity contribution is 0.475. The molecule has 2 aromatic carbocycles. The zero-order chi connectivity index (χ0) is 14.7. The second-order valence-electron chi connectivity index (χ2n) is 4.96. The van der Waals surface area contributed by atoms with Gasteiger partial charge in [-0.25, -0.2) is 4.98 Å². The number of rotatable bonds is 4. The summed E-state index contributed by atoms with van der Waals surface area (Å²) < 4.78 is 2.00. The first-order chi connectivity index (χ1) is 10.2. The molecule has 0 fully saturated rings. The summed E-state index contributed by atoms with van der Waals surface area (Å²) in [6.45, 7) is 0.713. The van der Waals surface area contributed by atoms with Crippen molar-refractivity contribution in [2.75, 3.05) is 5.32 Å². The number of benzene rings is 2. The first-order valence-electron chi connectivity index (χ1n) is 6.82. The zero-order valence-corrected chi connectivity index (χ0v) is 11.8. The van der Waals surface area contributed by atoms with E-state index >= 15 is 0 Å². The molecule has 0 saturated heterocycles. The maximum atomic E-state index is 9.28. The average molecular weight is 279 g/mol. The summed E-state index contributed by atoms with van der Waals surface area (Å²) in [6, 6.07) is 15.4. The van der Waals surface area contributed by atoms with Crippen LogP contribution >= 0.6 is 0 Å². The van der Waals surface area contributed by atoms with Crippen LogP contribution in [0.25, 0.3) is 11.4 Å². The molecule has 0 aliphatic carbocycles. The van der Waals surface area contributed by atoms with Gasteiger partial charge in [0.05, 0.1) is 0 Å². The standard InChI is InChI=1S/C17H17N3O/c1-20-10-9-18-17(20)14-3-2-4-15(11-14)19-12-13-5-7-16(21)8-6-13/h2-11,19,21H,12H2,1H3. The number of hydrogen-bond acceptors (Lipinski definition) is 3. The van der Waals surface area contributed by atoms with E-state index in [1.807, 2.05) is 48.1 Å². The fourth-order valence-corrected chi connectivity index (χ4v) is 2.23. The average Bonchev–Trinajstić information content (AvgIpc) is 2.93. The quantitative estimate of drug-likeness (QED) is 0.769. The molecule has 0 aliphatic heterocycles. The molecular weight excluding hydrogens is 262 g/mol. The summed E-state index contributed by atoms with van der Waals surface area (Å²) in [6.07, 6.45) is 3.73. The van der Waals surface area contributed by atoms with E-state index in [-0.39, 0.29) is 5.75 Å². The van der Waals surface area contributed by atoms with Crippen LogP contribution in [-0.2, 0) is 13.6 Å². The van der Waals surface area contributed by atoms with Crippen molar-refractivity contribution in [3.63, 3.8) is 0 Å². The van der Waals surface area contributed by atoms with Gasteiger partial charge < -0.3 is 15.0 Å². The summed E-state index contributed by atoms with van der Waals surface area (Å²) in [5.41, 5.74) is 3.25. The second kappa shape index (κ2) is 5.71. The van der Waals surface area contributed by atoms with Gasteiger partial charge in [0.1, 0.15) is 11.6 Å². The van der Waals surface area contributed by atoms with Crippen LogP contribution in [-0.4, -0.2) is 14.7 Å². The van der Waals surface area contributed by atoms with Gasteiger partial charge in [0, 0.05) is 37.2 Å². The molecule has 0 amide bonds. The maximum absolute atomic E-state index is 9.28. The van der Waals surface area contributed by atoms with Crippen molar-refractivity contribution in [2.24, 2.45) is 7.05 Å². The van der Waals surface area contributed by atoms with Crippen LogP contribution in [0, 0.1) is 0 Å². The molecule has 0 atom stereocenters. The summed E-state index contributed by atoms with van der Waals surface area (Å²) in [5, 5.41) is 12.7. The van der Waals surface area contributed by atoms with Crippen LogP contribution < -0.4 is 5.32 Å². The molecule has 21 heavy (non-hydrogen) atoms. The number of aryl methyl sites for hydroxylation is 1. The van der Waals surface area contributed by atoms with Crippen molar-refractivity contribution in [3.05, 3.63) is 66.5 Å². The van der Waals surface area contributed by atoms with Crippen molar-refractivity contribution in [3.8, 4) is 17.1 Å². The van der Waals surface area contributed by atoms with Gasteiger partial charge >= 0.3 is 0 Å². The Balaban J connectivity index is 1.74. The number of phenolic OH excluding ortho intramolecular Hbond substituents is 1. The van der Waals surface area contributed by atoms with Gasteiger partial charge in [-0.2, -0.15) is 0 Å². The van der Waals surface area contributed by atoms with Crippen LogP contribution in [0.1, 0.15) is 5.56 Å². The number of hydrogen-bond donors (Lipinski definition) is 2. The fourth-order valence-electron chi connectivity index (χ4n) is 2.23. The van der Waals surface area contributed by atoms with Crippen molar-refractivity contribution in [2.45, 2.75) is 6.54 Å². The fraction of sp³-hybridized carbons (Fsp3) is 0.118. The SMILES string of the molecule is Cn1ccnc1-c1cccc(NCc2ccc(O)cc2)c1. The highest BCUT2D eigenvalue weighted by Crippen LogP contribution is 2.21. The van der Waals surface area contributed by atoms with E-state index in [2.05, 4.69) is 16.4 Å². The minimum atomic E-state index is 0.288. The number of nitrogens with one attached hydrogen (secondary N) is 1. The molecule has 1 aromatic heterocycles. The van der Waals surface area contributed by atoms with Gasteiger partial charge in [-0.15, -0.1) is 0 Å². The second-order valence-corrected chi connectivity index (χ2v) is 4.96. The first-order valence-corrected chi connectivity index (χ1v) is 6.82. The molecular formula is C17H17N3O. The van der Waals surface area contributed by atoms with E-state index in [9.17, 15) is 5.11 Å². The maximum Gasteiger partial charge on any atom is 0.139 e. The van der Waals surface area contributed by atoms with Gasteiger partial charge in [-0.05, 0) is 29.8 Å². The number of phenols is 1. The Labute approximate surface area is 123 Å². The molecule has 0 radical (unpaired) electrons. The Kier molecular flexibility index (Phi) is 3.60. The van der Waals surface area contributed by atoms with Crippen molar-refractivity contribution in [1.82, 2.24) is 9.55 Å². The van der Waals surface area contributed by atoms with E-state index in [0.29, 0.717) is 6.54 Å². The smallest absolute Gasteiger partial charge is 0.139 e. The molecule has 0 aliphatic rings. The Morgan fingerprint density at radius 3 is 2.67 bits per heavy atom. The summed E-state index contributed by atoms with van der Waals surface area (Å²) in [4.78, 5) is 4.36. The number of aromatic hydroxyl groups is 1. The van der Waals surface area contributed by atoms with Gasteiger partial charge in [0.2, 0.25) is 0 Å². The summed E-state index contributed by atoms with van der Waals surface area (Å²) in [7, 11) is 1.98. The minimum absolute atomic E-state index is 0.288. The summed E-state index contributed by atoms with van der Waals surface area (Å²) in [5.74, 6) is 1.24. The highest BCUT2D eigenvalue weighted by molar-refractivity contribution is 5.62. The van der Waals surface area contributed by atoms with Crippen LogP contribution in [0.5, 0.6) is 5.75 Å². The third-order valence-corrected chi connectivity index (χ3v) is 3.37. The summed E-state index contributed by atoms with van der Waals surface area (Å²) >= 11 is 0. The van der Waals surface area contributed by atoms with Gasteiger partial charge in [-0.1, -0.05) is 24.3 Å². The molecule has 4 nitrogen and oxygen atoms in total. The molecule has 0 saturated carbocycles. The highest BCUT2D eigenvalue weighted by Gasteiger charge is 2.04. The van der Waals surface area contributed by atoms with Crippen LogP contribution in [0.2, 0.25) is 0 Å². The molecule has 106 valence electrons. The molecule has 0 unspecified atom stereocenters. The molecule has 2 N–H and O–H groups in total. The monoisotopic (exact) mass is 279 g/mol. The lowest BCUT2D eigenvalue weighted by Gasteiger charge is -2.09. The Morgan fingerprint density at radius 2 is 1.95 bits per heavy atom. The zero-order valence-electron chi connectivity index (χ0n) is 11.8. The van der Waals surface area contributed by atoms with Gasteiger partial charge in [-0.3, -0.25) is 0 Å². The van der Waals surface area contributed by atoms with Crippen LogP contribution in [0.3, 0.4) is 0 Å². The van der Waals surface area contributed by atoms with E-state index in [0.717, 1.165) is 22.6 Å². The molecule has 1 heterocycles.